The van der Waals surface area contributed by atoms with Crippen LogP contribution in [0.25, 0.3) is 0 Å². The van der Waals surface area contributed by atoms with Crippen molar-refractivity contribution in [1.29, 1.82) is 0 Å². The number of nitrogens with one attached hydrogen (secondary N) is 1. The molecule has 0 spiro atoms. The number of rotatable bonds is 6. The lowest BCUT2D eigenvalue weighted by molar-refractivity contribution is -0.127. The summed E-state index contributed by atoms with van der Waals surface area (Å²) >= 11 is 0. The van der Waals surface area contributed by atoms with Crippen molar-refractivity contribution in [2.24, 2.45) is 0 Å². The van der Waals surface area contributed by atoms with Gasteiger partial charge in [0, 0.05) is 6.54 Å². The van der Waals surface area contributed by atoms with Gasteiger partial charge in [-0.25, -0.2) is 4.79 Å². The van der Waals surface area contributed by atoms with Crippen LogP contribution in [0.5, 0.6) is 11.5 Å². The maximum atomic E-state index is 11.6. The van der Waals surface area contributed by atoms with Crippen LogP contribution in [-0.2, 0) is 4.79 Å². The number of hydrogen-bond donors (Lipinski definition) is 2. The number of methoxy groups -OCH3 is 1. The normalized spacial score (nSPS) is 11.5. The average molecular weight is 267 g/mol. The molecular formula is C13H17NO5. The Morgan fingerprint density at radius 1 is 1.42 bits per heavy atom. The van der Waals surface area contributed by atoms with Gasteiger partial charge in [-0.3, -0.25) is 4.79 Å². The third-order valence-electron chi connectivity index (χ3n) is 2.44. The summed E-state index contributed by atoms with van der Waals surface area (Å²) in [4.78, 5) is 22.7. The smallest absolute Gasteiger partial charge is 0.339 e. The second kappa shape index (κ2) is 6.63. The van der Waals surface area contributed by atoms with Crippen molar-refractivity contribution < 1.29 is 24.2 Å². The number of carbonyl (C=O) groups excluding carboxylic acids is 1. The van der Waals surface area contributed by atoms with Crippen molar-refractivity contribution in [3.63, 3.8) is 0 Å². The van der Waals surface area contributed by atoms with Crippen LogP contribution in [0.2, 0.25) is 0 Å². The highest BCUT2D eigenvalue weighted by atomic mass is 16.5. The van der Waals surface area contributed by atoms with E-state index in [4.69, 9.17) is 14.6 Å². The van der Waals surface area contributed by atoms with Crippen LogP contribution in [0.3, 0.4) is 0 Å². The zero-order valence-electron chi connectivity index (χ0n) is 11.1. The number of carboxylic acids is 1. The molecule has 0 saturated heterocycles. The number of aromatic carboxylic acids is 1. The number of hydrogen-bond acceptors (Lipinski definition) is 4. The van der Waals surface area contributed by atoms with Gasteiger partial charge in [-0.1, -0.05) is 6.07 Å². The van der Waals surface area contributed by atoms with Gasteiger partial charge in [0.25, 0.3) is 5.91 Å². The molecule has 0 saturated carbocycles. The molecule has 1 atom stereocenters. The molecule has 0 aliphatic carbocycles. The fourth-order valence-electron chi connectivity index (χ4n) is 1.51. The molecule has 1 amide bonds. The number of amides is 1. The van der Waals surface area contributed by atoms with Crippen LogP contribution in [0, 0.1) is 0 Å². The topological polar surface area (TPSA) is 84.9 Å². The van der Waals surface area contributed by atoms with Gasteiger partial charge in [-0.05, 0) is 26.0 Å². The largest absolute Gasteiger partial charge is 0.493 e. The van der Waals surface area contributed by atoms with Gasteiger partial charge in [0.2, 0.25) is 0 Å². The number of carboxylic acid groups (broad SMARTS) is 1. The fraction of sp³-hybridized carbons (Fsp3) is 0.385. The second-order valence-corrected chi connectivity index (χ2v) is 3.80. The Hall–Kier alpha value is -2.24. The number of likely N-dealkylation sites (N-methyl/N-ethyl adjacent to an activating group) is 1. The van der Waals surface area contributed by atoms with Gasteiger partial charge in [0.1, 0.15) is 5.56 Å². The van der Waals surface area contributed by atoms with Crippen LogP contribution in [-0.4, -0.2) is 36.7 Å². The van der Waals surface area contributed by atoms with E-state index in [1.54, 1.807) is 26.0 Å². The maximum absolute atomic E-state index is 11.6. The highest BCUT2D eigenvalue weighted by Gasteiger charge is 2.21. The highest BCUT2D eigenvalue weighted by molar-refractivity contribution is 5.92. The third kappa shape index (κ3) is 3.61. The molecule has 0 fully saturated rings. The Labute approximate surface area is 111 Å². The first-order valence-corrected chi connectivity index (χ1v) is 5.85. The zero-order valence-corrected chi connectivity index (χ0v) is 11.1. The summed E-state index contributed by atoms with van der Waals surface area (Å²) < 4.78 is 10.5. The van der Waals surface area contributed by atoms with E-state index in [-0.39, 0.29) is 23.0 Å². The second-order valence-electron chi connectivity index (χ2n) is 3.80. The lowest BCUT2D eigenvalue weighted by atomic mass is 10.2. The van der Waals surface area contributed by atoms with E-state index >= 15 is 0 Å². The summed E-state index contributed by atoms with van der Waals surface area (Å²) in [5.41, 5.74) is -0.0458. The van der Waals surface area contributed by atoms with Gasteiger partial charge in [0.15, 0.2) is 17.6 Å². The summed E-state index contributed by atoms with van der Waals surface area (Å²) in [7, 11) is 1.41. The maximum Gasteiger partial charge on any atom is 0.339 e. The van der Waals surface area contributed by atoms with Crippen molar-refractivity contribution >= 4 is 11.9 Å². The van der Waals surface area contributed by atoms with Crippen molar-refractivity contribution in [2.75, 3.05) is 13.7 Å². The van der Waals surface area contributed by atoms with E-state index < -0.39 is 12.1 Å². The summed E-state index contributed by atoms with van der Waals surface area (Å²) in [6, 6.07) is 4.52. The van der Waals surface area contributed by atoms with E-state index in [9.17, 15) is 9.59 Å². The molecule has 6 heteroatoms. The lowest BCUT2D eigenvalue weighted by Crippen LogP contribution is -2.36. The Bertz CT molecular complexity index is 472. The van der Waals surface area contributed by atoms with Gasteiger partial charge in [-0.15, -0.1) is 0 Å². The first-order valence-electron chi connectivity index (χ1n) is 5.85. The lowest BCUT2D eigenvalue weighted by Gasteiger charge is -2.17. The zero-order chi connectivity index (χ0) is 14.4. The minimum atomic E-state index is -1.14. The molecule has 0 radical (unpaired) electrons. The van der Waals surface area contributed by atoms with Crippen molar-refractivity contribution in [3.8, 4) is 11.5 Å². The number of carbonyl (C=O) groups is 2. The molecule has 19 heavy (non-hydrogen) atoms. The SMILES string of the molecule is CCNC(=O)C(C)Oc1c(OC)cccc1C(=O)O. The molecule has 1 aromatic rings. The first kappa shape index (κ1) is 14.8. The van der Waals surface area contributed by atoms with Crippen molar-refractivity contribution in [1.82, 2.24) is 5.32 Å². The predicted octanol–water partition coefficient (Wildman–Crippen LogP) is 1.30. The molecular weight excluding hydrogens is 250 g/mol. The molecule has 1 unspecified atom stereocenters. The molecule has 1 rings (SSSR count). The molecule has 2 N–H and O–H groups in total. The van der Waals surface area contributed by atoms with Gasteiger partial charge in [-0.2, -0.15) is 0 Å². The minimum absolute atomic E-state index is 0.0458. The summed E-state index contributed by atoms with van der Waals surface area (Å²) in [5.74, 6) is -1.13. The summed E-state index contributed by atoms with van der Waals surface area (Å²) in [5, 5.41) is 11.7. The van der Waals surface area contributed by atoms with E-state index in [1.807, 2.05) is 0 Å². The molecule has 0 bridgehead atoms. The number of para-hydroxylation sites is 1. The highest BCUT2D eigenvalue weighted by Crippen LogP contribution is 2.31. The van der Waals surface area contributed by atoms with Crippen LogP contribution >= 0.6 is 0 Å². The standard InChI is InChI=1S/C13H17NO5/c1-4-14-12(15)8(2)19-11-9(13(16)17)6-5-7-10(11)18-3/h5-8H,4H2,1-3H3,(H,14,15)(H,16,17). The first-order chi connectivity index (χ1) is 9.01. The molecule has 0 aliphatic heterocycles. The summed E-state index contributed by atoms with van der Waals surface area (Å²) in [6.45, 7) is 3.81. The predicted molar refractivity (Wildman–Crippen MR) is 68.7 cm³/mol. The number of benzene rings is 1. The van der Waals surface area contributed by atoms with E-state index in [0.29, 0.717) is 6.54 Å². The van der Waals surface area contributed by atoms with Gasteiger partial charge in [0.05, 0.1) is 7.11 Å². The molecule has 0 aromatic heterocycles. The molecule has 1 aromatic carbocycles. The Kier molecular flexibility index (Phi) is 5.17. The average Bonchev–Trinajstić information content (AvgIpc) is 2.38. The van der Waals surface area contributed by atoms with Crippen LogP contribution < -0.4 is 14.8 Å². The molecule has 0 heterocycles. The Morgan fingerprint density at radius 3 is 2.63 bits per heavy atom. The van der Waals surface area contributed by atoms with Gasteiger partial charge < -0.3 is 19.9 Å². The monoisotopic (exact) mass is 267 g/mol. The molecule has 104 valence electrons. The molecule has 0 aliphatic rings. The van der Waals surface area contributed by atoms with E-state index in [1.165, 1.54) is 13.2 Å². The van der Waals surface area contributed by atoms with Crippen LogP contribution in [0.1, 0.15) is 24.2 Å². The Morgan fingerprint density at radius 2 is 2.11 bits per heavy atom. The van der Waals surface area contributed by atoms with Crippen molar-refractivity contribution in [3.05, 3.63) is 23.8 Å². The van der Waals surface area contributed by atoms with E-state index in [2.05, 4.69) is 5.32 Å². The Balaban J connectivity index is 3.04. The third-order valence-corrected chi connectivity index (χ3v) is 2.44. The van der Waals surface area contributed by atoms with Crippen LogP contribution in [0.4, 0.5) is 0 Å². The minimum Gasteiger partial charge on any atom is -0.493 e. The quantitative estimate of drug-likeness (QED) is 0.811. The fourth-order valence-corrected chi connectivity index (χ4v) is 1.51. The summed E-state index contributed by atoms with van der Waals surface area (Å²) in [6.07, 6.45) is -0.811. The van der Waals surface area contributed by atoms with Gasteiger partial charge >= 0.3 is 5.97 Å². The van der Waals surface area contributed by atoms with Crippen LogP contribution in [0.15, 0.2) is 18.2 Å². The van der Waals surface area contributed by atoms with Crippen molar-refractivity contribution in [2.45, 2.75) is 20.0 Å². The molecule has 6 nitrogen and oxygen atoms in total. The number of ether oxygens (including phenoxy) is 2. The van der Waals surface area contributed by atoms with E-state index in [0.717, 1.165) is 0 Å².